The van der Waals surface area contributed by atoms with Crippen molar-refractivity contribution in [1.82, 2.24) is 15.5 Å². The summed E-state index contributed by atoms with van der Waals surface area (Å²) in [6.07, 6.45) is 2.20. The normalized spacial score (nSPS) is 13.1. The smallest absolute Gasteiger partial charge is 0.287 e. The van der Waals surface area contributed by atoms with Crippen molar-refractivity contribution in [2.75, 3.05) is 0 Å². The molecule has 3 aromatic rings. The Balaban J connectivity index is 1.83. The fourth-order valence-electron chi connectivity index (χ4n) is 2.51. The maximum Gasteiger partial charge on any atom is 0.287 e. The summed E-state index contributed by atoms with van der Waals surface area (Å²) in [5, 5.41) is 17.6. The molecule has 0 saturated carbocycles. The van der Waals surface area contributed by atoms with Crippen molar-refractivity contribution in [2.45, 2.75) is 26.3 Å². The van der Waals surface area contributed by atoms with E-state index in [4.69, 9.17) is 8.94 Å². The maximum atomic E-state index is 12.3. The third kappa shape index (κ3) is 4.02. The molecular weight excluding hydrogens is 352 g/mol. The van der Waals surface area contributed by atoms with Crippen LogP contribution in [0.3, 0.4) is 0 Å². The summed E-state index contributed by atoms with van der Waals surface area (Å²) in [6.45, 7) is 3.95. The van der Waals surface area contributed by atoms with E-state index in [2.05, 4.69) is 15.5 Å². The Hall–Kier alpha value is -3.49. The monoisotopic (exact) mass is 370 g/mol. The minimum absolute atomic E-state index is 0.0225. The molecule has 0 radical (unpaired) electrons. The molecule has 0 saturated heterocycles. The van der Waals surface area contributed by atoms with Crippen molar-refractivity contribution in [2.24, 2.45) is 5.92 Å². The van der Waals surface area contributed by atoms with Crippen LogP contribution in [-0.2, 0) is 0 Å². The quantitative estimate of drug-likeness (QED) is 0.496. The van der Waals surface area contributed by atoms with Crippen molar-refractivity contribution in [1.29, 1.82) is 0 Å². The van der Waals surface area contributed by atoms with Crippen LogP contribution in [0.2, 0.25) is 0 Å². The Kier molecular flexibility index (Phi) is 5.30. The molecule has 2 heterocycles. The summed E-state index contributed by atoms with van der Waals surface area (Å²) >= 11 is 0. The number of hydrogen-bond acceptors (Lipinski definition) is 7. The van der Waals surface area contributed by atoms with Crippen molar-refractivity contribution in [3.05, 3.63) is 64.4 Å². The first-order valence-corrected chi connectivity index (χ1v) is 8.42. The summed E-state index contributed by atoms with van der Waals surface area (Å²) in [5.74, 6) is 0.408. The molecule has 140 valence electrons. The topological polar surface area (TPSA) is 124 Å². The molecule has 9 heteroatoms. The van der Waals surface area contributed by atoms with Crippen LogP contribution in [0.25, 0.3) is 11.4 Å². The molecule has 0 bridgehead atoms. The molecule has 2 atom stereocenters. The Morgan fingerprint density at radius 3 is 2.63 bits per heavy atom. The first kappa shape index (κ1) is 18.3. The van der Waals surface area contributed by atoms with E-state index in [-0.39, 0.29) is 29.2 Å². The van der Waals surface area contributed by atoms with Crippen LogP contribution in [0.1, 0.15) is 42.8 Å². The third-order valence-corrected chi connectivity index (χ3v) is 4.29. The molecule has 9 nitrogen and oxygen atoms in total. The fraction of sp³-hybridized carbons (Fsp3) is 0.278. The highest BCUT2D eigenvalue weighted by atomic mass is 16.6. The molecule has 0 aliphatic rings. The van der Waals surface area contributed by atoms with Gasteiger partial charge in [-0.25, -0.2) is 0 Å². The van der Waals surface area contributed by atoms with Crippen LogP contribution in [0, 0.1) is 16.0 Å². The van der Waals surface area contributed by atoms with Crippen LogP contribution in [-0.4, -0.2) is 21.0 Å². The Bertz CT molecular complexity index is 918. The summed E-state index contributed by atoms with van der Waals surface area (Å²) < 4.78 is 10.5. The van der Waals surface area contributed by atoms with Crippen molar-refractivity contribution in [3.63, 3.8) is 0 Å². The van der Waals surface area contributed by atoms with E-state index in [1.807, 2.05) is 13.8 Å². The molecule has 0 fully saturated rings. The van der Waals surface area contributed by atoms with Gasteiger partial charge in [0.2, 0.25) is 11.7 Å². The van der Waals surface area contributed by atoms with E-state index in [0.29, 0.717) is 11.4 Å². The van der Waals surface area contributed by atoms with Gasteiger partial charge in [-0.15, -0.1) is 0 Å². The third-order valence-electron chi connectivity index (χ3n) is 4.29. The summed E-state index contributed by atoms with van der Waals surface area (Å²) in [7, 11) is 0. The first-order valence-electron chi connectivity index (χ1n) is 8.42. The van der Waals surface area contributed by atoms with Gasteiger partial charge in [-0.05, 0) is 30.2 Å². The predicted octanol–water partition coefficient (Wildman–Crippen LogP) is 3.76. The highest BCUT2D eigenvalue weighted by Gasteiger charge is 2.27. The van der Waals surface area contributed by atoms with Gasteiger partial charge >= 0.3 is 0 Å². The van der Waals surface area contributed by atoms with Crippen LogP contribution in [0.4, 0.5) is 5.69 Å². The van der Waals surface area contributed by atoms with Crippen LogP contribution in [0.5, 0.6) is 0 Å². The molecule has 0 unspecified atom stereocenters. The van der Waals surface area contributed by atoms with Crippen LogP contribution in [0.15, 0.2) is 51.6 Å². The molecule has 0 aliphatic heterocycles. The van der Waals surface area contributed by atoms with Gasteiger partial charge < -0.3 is 14.3 Å². The standard InChI is InChI=1S/C18H18N4O5/c1-3-11(2)15(19-17(23)14-5-4-10-26-14)18-20-16(21-27-18)12-6-8-13(9-7-12)22(24)25/h4-11,15H,3H2,1-2H3,(H,19,23)/t11-,15-/m0/s1. The van der Waals surface area contributed by atoms with Gasteiger partial charge in [-0.2, -0.15) is 4.98 Å². The number of nitrogens with one attached hydrogen (secondary N) is 1. The first-order chi connectivity index (χ1) is 13.0. The number of rotatable bonds is 7. The van der Waals surface area contributed by atoms with Gasteiger partial charge in [-0.1, -0.05) is 25.4 Å². The highest BCUT2D eigenvalue weighted by molar-refractivity contribution is 5.91. The van der Waals surface area contributed by atoms with E-state index in [1.165, 1.54) is 18.4 Å². The lowest BCUT2D eigenvalue weighted by atomic mass is 9.99. The zero-order chi connectivity index (χ0) is 19.4. The lowest BCUT2D eigenvalue weighted by molar-refractivity contribution is -0.384. The number of nitro benzene ring substituents is 1. The number of nitrogens with zero attached hydrogens (tertiary/aromatic N) is 3. The lowest BCUT2D eigenvalue weighted by Crippen LogP contribution is -2.32. The Labute approximate surface area is 154 Å². The number of amides is 1. The molecule has 2 aromatic heterocycles. The molecule has 1 N–H and O–H groups in total. The van der Waals surface area contributed by atoms with Gasteiger partial charge in [0.15, 0.2) is 5.76 Å². The average Bonchev–Trinajstić information content (AvgIpc) is 3.37. The molecule has 1 aromatic carbocycles. The van der Waals surface area contributed by atoms with E-state index in [9.17, 15) is 14.9 Å². The number of hydrogen-bond donors (Lipinski definition) is 1. The summed E-state index contributed by atoms with van der Waals surface area (Å²) in [5.41, 5.74) is 0.557. The largest absolute Gasteiger partial charge is 0.459 e. The zero-order valence-corrected chi connectivity index (χ0v) is 14.8. The second kappa shape index (κ2) is 7.81. The fourth-order valence-corrected chi connectivity index (χ4v) is 2.51. The number of carbonyl (C=O) groups is 1. The van der Waals surface area contributed by atoms with Crippen molar-refractivity contribution >= 4 is 11.6 Å². The Morgan fingerprint density at radius 1 is 1.30 bits per heavy atom. The number of aromatic nitrogens is 2. The highest BCUT2D eigenvalue weighted by Crippen LogP contribution is 2.27. The van der Waals surface area contributed by atoms with E-state index < -0.39 is 11.0 Å². The summed E-state index contributed by atoms with van der Waals surface area (Å²) in [4.78, 5) is 27.0. The maximum absolute atomic E-state index is 12.3. The Morgan fingerprint density at radius 2 is 2.04 bits per heavy atom. The van der Waals surface area contributed by atoms with Gasteiger partial charge in [0.1, 0.15) is 6.04 Å². The van der Waals surface area contributed by atoms with Gasteiger partial charge in [0.05, 0.1) is 11.2 Å². The number of benzene rings is 1. The number of furan rings is 1. The second-order valence-corrected chi connectivity index (χ2v) is 6.07. The minimum atomic E-state index is -0.494. The molecule has 1 amide bonds. The molecule has 3 rings (SSSR count). The predicted molar refractivity (Wildman–Crippen MR) is 94.8 cm³/mol. The van der Waals surface area contributed by atoms with E-state index in [0.717, 1.165) is 6.42 Å². The van der Waals surface area contributed by atoms with Crippen molar-refractivity contribution in [3.8, 4) is 11.4 Å². The zero-order valence-electron chi connectivity index (χ0n) is 14.8. The minimum Gasteiger partial charge on any atom is -0.459 e. The molecule has 0 spiro atoms. The number of nitro groups is 1. The summed E-state index contributed by atoms with van der Waals surface area (Å²) in [6, 6.07) is 8.55. The van der Waals surface area contributed by atoms with Gasteiger partial charge in [0, 0.05) is 17.7 Å². The van der Waals surface area contributed by atoms with Gasteiger partial charge in [0.25, 0.3) is 11.6 Å². The van der Waals surface area contributed by atoms with E-state index in [1.54, 1.807) is 24.3 Å². The molecule has 0 aliphatic carbocycles. The molecule has 27 heavy (non-hydrogen) atoms. The SMILES string of the molecule is CC[C@H](C)[C@H](NC(=O)c1ccco1)c1nc(-c2ccc([N+](=O)[O-])cc2)no1. The number of carbonyl (C=O) groups excluding carboxylic acids is 1. The van der Waals surface area contributed by atoms with Crippen molar-refractivity contribution < 1.29 is 18.7 Å². The van der Waals surface area contributed by atoms with Crippen LogP contribution < -0.4 is 5.32 Å². The van der Waals surface area contributed by atoms with Gasteiger partial charge in [-0.3, -0.25) is 14.9 Å². The lowest BCUT2D eigenvalue weighted by Gasteiger charge is -2.20. The van der Waals surface area contributed by atoms with E-state index >= 15 is 0 Å². The number of non-ortho nitro benzene ring substituents is 1. The molecular formula is C18H18N4O5. The second-order valence-electron chi connectivity index (χ2n) is 6.07. The average molecular weight is 370 g/mol. The van der Waals surface area contributed by atoms with Crippen LogP contribution >= 0.6 is 0 Å².